The molecular formula is C30H38BrClN4O2. The van der Waals surface area contributed by atoms with E-state index >= 15 is 0 Å². The minimum absolute atomic E-state index is 0.00791. The number of nitrogen functional groups attached to an aromatic ring is 1. The van der Waals surface area contributed by atoms with Crippen molar-refractivity contribution in [2.75, 3.05) is 25.4 Å². The van der Waals surface area contributed by atoms with Crippen LogP contribution in [0.2, 0.25) is 5.02 Å². The Morgan fingerprint density at radius 2 is 1.50 bits per heavy atom. The Morgan fingerprint density at radius 3 is 2.03 bits per heavy atom. The molecule has 1 amide bonds. The number of anilines is 1. The molecule has 3 aromatic rings. The zero-order valence-electron chi connectivity index (χ0n) is 22.7. The SMILES string of the molecule is Cc1cc(C)cc(CBr)c1.Cc1cc(C)cc(CN2CCC(CNC(=O)c3cc(Cl)c(N)[nH]c3=O)CC2)c1. The molecule has 1 aliphatic rings. The third-order valence-electron chi connectivity index (χ3n) is 6.65. The number of aromatic amines is 1. The fraction of sp³-hybridized carbons (Fsp3) is 0.400. The molecule has 0 radical (unpaired) electrons. The maximum absolute atomic E-state index is 12.3. The Balaban J connectivity index is 0.000000336. The topological polar surface area (TPSA) is 91.2 Å². The highest BCUT2D eigenvalue weighted by Gasteiger charge is 2.21. The second-order valence-corrected chi connectivity index (χ2v) is 11.3. The summed E-state index contributed by atoms with van der Waals surface area (Å²) in [6, 6.07) is 14.6. The summed E-state index contributed by atoms with van der Waals surface area (Å²) < 4.78 is 0. The Bertz CT molecular complexity index is 1280. The van der Waals surface area contributed by atoms with E-state index in [1.807, 2.05) is 0 Å². The fourth-order valence-corrected chi connectivity index (χ4v) is 5.41. The van der Waals surface area contributed by atoms with Gasteiger partial charge in [0, 0.05) is 18.4 Å². The maximum atomic E-state index is 12.3. The number of carbonyl (C=O) groups excluding carboxylic acids is 1. The molecule has 2 heterocycles. The van der Waals surface area contributed by atoms with Crippen LogP contribution in [0.25, 0.3) is 0 Å². The first kappa shape index (κ1) is 29.9. The summed E-state index contributed by atoms with van der Waals surface area (Å²) in [4.78, 5) is 29.0. The molecule has 2 aromatic carbocycles. The van der Waals surface area contributed by atoms with Crippen molar-refractivity contribution in [1.82, 2.24) is 15.2 Å². The highest BCUT2D eigenvalue weighted by Crippen LogP contribution is 2.20. The quantitative estimate of drug-likeness (QED) is 0.299. The van der Waals surface area contributed by atoms with Crippen molar-refractivity contribution in [2.45, 2.75) is 52.4 Å². The monoisotopic (exact) mass is 600 g/mol. The van der Waals surface area contributed by atoms with Gasteiger partial charge in [0.1, 0.15) is 11.4 Å². The van der Waals surface area contributed by atoms with Crippen LogP contribution in [-0.2, 0) is 11.9 Å². The van der Waals surface area contributed by atoms with Crippen molar-refractivity contribution in [3.05, 3.63) is 96.8 Å². The second kappa shape index (κ2) is 14.0. The van der Waals surface area contributed by atoms with Gasteiger partial charge in [-0.3, -0.25) is 14.5 Å². The van der Waals surface area contributed by atoms with Gasteiger partial charge < -0.3 is 16.0 Å². The van der Waals surface area contributed by atoms with Gasteiger partial charge >= 0.3 is 0 Å². The Hall–Kier alpha value is -2.61. The predicted molar refractivity (Wildman–Crippen MR) is 161 cm³/mol. The van der Waals surface area contributed by atoms with Crippen molar-refractivity contribution in [2.24, 2.45) is 5.92 Å². The second-order valence-electron chi connectivity index (χ2n) is 10.3. The number of carbonyl (C=O) groups is 1. The number of aromatic nitrogens is 1. The first-order chi connectivity index (χ1) is 18.0. The largest absolute Gasteiger partial charge is 0.384 e. The van der Waals surface area contributed by atoms with Crippen LogP contribution in [0.4, 0.5) is 5.82 Å². The lowest BCUT2D eigenvalue weighted by Gasteiger charge is -2.32. The molecule has 1 aliphatic heterocycles. The number of hydrogen-bond acceptors (Lipinski definition) is 4. The van der Waals surface area contributed by atoms with Gasteiger partial charge in [0.15, 0.2) is 0 Å². The van der Waals surface area contributed by atoms with Crippen LogP contribution in [0.3, 0.4) is 0 Å². The van der Waals surface area contributed by atoms with E-state index in [4.69, 9.17) is 17.3 Å². The van der Waals surface area contributed by atoms with Crippen molar-refractivity contribution >= 4 is 39.3 Å². The third-order valence-corrected chi connectivity index (χ3v) is 7.61. The minimum atomic E-state index is -0.525. The summed E-state index contributed by atoms with van der Waals surface area (Å²) in [5.74, 6) is 0.0583. The number of likely N-dealkylation sites (tertiary alicyclic amines) is 1. The summed E-state index contributed by atoms with van der Waals surface area (Å²) in [5.41, 5.74) is 13.0. The number of pyridine rings is 1. The van der Waals surface area contributed by atoms with Crippen LogP contribution in [0.15, 0.2) is 47.3 Å². The smallest absolute Gasteiger partial charge is 0.262 e. The first-order valence-corrected chi connectivity index (χ1v) is 14.4. The lowest BCUT2D eigenvalue weighted by atomic mass is 9.96. The van der Waals surface area contributed by atoms with E-state index in [-0.39, 0.29) is 16.4 Å². The maximum Gasteiger partial charge on any atom is 0.262 e. The van der Waals surface area contributed by atoms with Gasteiger partial charge in [0.2, 0.25) is 0 Å². The molecule has 0 aliphatic carbocycles. The van der Waals surface area contributed by atoms with Gasteiger partial charge in [-0.25, -0.2) is 0 Å². The molecule has 4 rings (SSSR count). The summed E-state index contributed by atoms with van der Waals surface area (Å²) in [5, 5.41) is 3.98. The number of alkyl halides is 1. The average Bonchev–Trinajstić information content (AvgIpc) is 2.85. The van der Waals surface area contributed by atoms with Gasteiger partial charge in [-0.1, -0.05) is 86.2 Å². The van der Waals surface area contributed by atoms with E-state index in [0.717, 1.165) is 37.8 Å². The van der Waals surface area contributed by atoms with Gasteiger partial charge in [-0.05, 0) is 76.7 Å². The summed E-state index contributed by atoms with van der Waals surface area (Å²) >= 11 is 9.33. The minimum Gasteiger partial charge on any atom is -0.384 e. The number of rotatable bonds is 6. The van der Waals surface area contributed by atoms with E-state index in [2.05, 4.69) is 95.2 Å². The fourth-order valence-electron chi connectivity index (χ4n) is 4.93. The molecule has 0 spiro atoms. The number of amides is 1. The van der Waals surface area contributed by atoms with Crippen LogP contribution in [0.1, 0.15) is 56.6 Å². The number of halogens is 2. The zero-order chi connectivity index (χ0) is 27.8. The number of nitrogens with two attached hydrogens (primary N) is 1. The Labute approximate surface area is 239 Å². The Morgan fingerprint density at radius 1 is 0.974 bits per heavy atom. The molecular weight excluding hydrogens is 564 g/mol. The third kappa shape index (κ3) is 9.00. The molecule has 4 N–H and O–H groups in total. The van der Waals surface area contributed by atoms with Crippen LogP contribution in [0.5, 0.6) is 0 Å². The van der Waals surface area contributed by atoms with E-state index in [0.29, 0.717) is 12.5 Å². The number of H-pyrrole nitrogens is 1. The molecule has 0 saturated carbocycles. The van der Waals surface area contributed by atoms with Crippen molar-refractivity contribution in [3.63, 3.8) is 0 Å². The van der Waals surface area contributed by atoms with Crippen molar-refractivity contribution in [3.8, 4) is 0 Å². The molecule has 0 unspecified atom stereocenters. The Kier molecular flexibility index (Phi) is 11.0. The molecule has 0 atom stereocenters. The van der Waals surface area contributed by atoms with Crippen LogP contribution in [-0.4, -0.2) is 35.4 Å². The number of aryl methyl sites for hydroxylation is 4. The van der Waals surface area contributed by atoms with Crippen molar-refractivity contribution < 1.29 is 4.79 Å². The average molecular weight is 602 g/mol. The number of benzene rings is 2. The van der Waals surface area contributed by atoms with Gasteiger partial charge in [-0.2, -0.15) is 0 Å². The molecule has 0 bridgehead atoms. The van der Waals surface area contributed by atoms with E-state index in [1.165, 1.54) is 39.4 Å². The van der Waals surface area contributed by atoms with E-state index in [1.54, 1.807) is 0 Å². The molecule has 1 fully saturated rings. The highest BCUT2D eigenvalue weighted by atomic mass is 79.9. The zero-order valence-corrected chi connectivity index (χ0v) is 25.0. The predicted octanol–water partition coefficient (Wildman–Crippen LogP) is 6.07. The van der Waals surface area contributed by atoms with E-state index in [9.17, 15) is 9.59 Å². The lowest BCUT2D eigenvalue weighted by Crippen LogP contribution is -2.39. The number of nitrogens with zero attached hydrogens (tertiary/aromatic N) is 1. The molecule has 204 valence electrons. The molecule has 8 heteroatoms. The van der Waals surface area contributed by atoms with Gasteiger partial charge in [0.05, 0.1) is 5.02 Å². The summed E-state index contributed by atoms with van der Waals surface area (Å²) in [6.07, 6.45) is 2.04. The standard InChI is InChI=1S/C21H27ClN4O2.C9H11Br/c1-13-7-14(2)9-16(8-13)12-26-5-3-15(4-6-26)11-24-20(27)17-10-18(22)19(23)25-21(17)28;1-7-3-8(2)5-9(4-7)6-10/h7-10,15H,3-6,11-12H2,1-2H3,(H,24,27)(H3,23,25,28);3-5H,6H2,1-2H3. The molecule has 6 nitrogen and oxygen atoms in total. The number of hydrogen-bond donors (Lipinski definition) is 3. The summed E-state index contributed by atoms with van der Waals surface area (Å²) in [6.45, 7) is 12.0. The highest BCUT2D eigenvalue weighted by molar-refractivity contribution is 9.08. The molecule has 1 saturated heterocycles. The van der Waals surface area contributed by atoms with Crippen LogP contribution in [0, 0.1) is 33.6 Å². The first-order valence-electron chi connectivity index (χ1n) is 12.9. The normalized spacial score (nSPS) is 14.1. The van der Waals surface area contributed by atoms with Crippen LogP contribution < -0.4 is 16.6 Å². The molecule has 1 aromatic heterocycles. The van der Waals surface area contributed by atoms with Crippen LogP contribution >= 0.6 is 27.5 Å². The lowest BCUT2D eigenvalue weighted by molar-refractivity contribution is 0.0933. The molecule has 38 heavy (non-hydrogen) atoms. The van der Waals surface area contributed by atoms with Crippen molar-refractivity contribution in [1.29, 1.82) is 0 Å². The number of piperidine rings is 1. The van der Waals surface area contributed by atoms with E-state index < -0.39 is 11.5 Å². The summed E-state index contributed by atoms with van der Waals surface area (Å²) in [7, 11) is 0. The van der Waals surface area contributed by atoms with Gasteiger partial charge in [-0.15, -0.1) is 0 Å². The number of nitrogens with one attached hydrogen (secondary N) is 2. The van der Waals surface area contributed by atoms with Gasteiger partial charge in [0.25, 0.3) is 11.5 Å².